The van der Waals surface area contributed by atoms with Gasteiger partial charge in [-0.05, 0) is 74.1 Å². The standard InChI is InChI=1S/C20H20FN3.2CH3.Fm/c21-16-5-7-17(8-6-16)24-20-10-9-18(12-15(20)13-22-24)23-11-1-2-19(23)14-3-4-14;;;/h5-10,12-14,19H,1-4,11H2;2*1H3;/q;2*-1;. The summed E-state index contributed by atoms with van der Waals surface area (Å²) in [4.78, 5) is 2.59. The van der Waals surface area contributed by atoms with Gasteiger partial charge in [0, 0.05) is 23.7 Å². The van der Waals surface area contributed by atoms with Crippen LogP contribution in [0.2, 0.25) is 0 Å². The van der Waals surface area contributed by atoms with E-state index in [1.807, 2.05) is 10.9 Å². The van der Waals surface area contributed by atoms with Crippen molar-refractivity contribution in [1.29, 1.82) is 0 Å². The minimum absolute atomic E-state index is 0. The maximum absolute atomic E-state index is 13.1. The average Bonchev–Trinajstić information content (AvgIpc) is 3.18. The molecule has 3 aromatic rings. The Labute approximate surface area is 155 Å². The molecule has 3 nitrogen and oxygen atoms in total. The predicted octanol–water partition coefficient (Wildman–Crippen LogP) is 5.44. The van der Waals surface area contributed by atoms with Crippen molar-refractivity contribution in [2.24, 2.45) is 5.92 Å². The maximum atomic E-state index is 13.1. The van der Waals surface area contributed by atoms with Gasteiger partial charge in [0.2, 0.25) is 0 Å². The predicted molar refractivity (Wildman–Crippen MR) is 107 cm³/mol. The minimum atomic E-state index is -0.224. The molecule has 0 radical (unpaired) electrons. The van der Waals surface area contributed by atoms with E-state index in [1.54, 1.807) is 12.1 Å². The van der Waals surface area contributed by atoms with Gasteiger partial charge in [-0.3, -0.25) is 0 Å². The van der Waals surface area contributed by atoms with Crippen LogP contribution in [0.3, 0.4) is 0 Å². The summed E-state index contributed by atoms with van der Waals surface area (Å²) < 4.78 is 15.0. The second kappa shape index (κ2) is 7.48. The first-order valence-electron chi connectivity index (χ1n) is 8.80. The monoisotopic (exact) mass is 608 g/mol. The zero-order valence-electron chi connectivity index (χ0n) is 15.8. The number of anilines is 1. The zero-order chi connectivity index (χ0) is 16.1. The number of rotatable bonds is 3. The molecule has 0 bridgehead atoms. The Kier molecular flexibility index (Phi) is 5.53. The van der Waals surface area contributed by atoms with E-state index in [0.29, 0.717) is 0 Å². The molecular weight excluding hydrogens is 582 g/mol. The van der Waals surface area contributed by atoms with Crippen LogP contribution in [0.4, 0.5) is 10.1 Å². The molecule has 0 amide bonds. The maximum Gasteiger partial charge on any atom is 0.123 e. The van der Waals surface area contributed by atoms with Gasteiger partial charge in [-0.25, -0.2) is 9.07 Å². The Morgan fingerprint density at radius 2 is 1.63 bits per heavy atom. The molecule has 1 saturated heterocycles. The summed E-state index contributed by atoms with van der Waals surface area (Å²) in [5, 5.41) is 5.64. The Balaban J connectivity index is 0.000000871. The summed E-state index contributed by atoms with van der Waals surface area (Å²) in [6.07, 6.45) is 7.33. The molecule has 1 aliphatic heterocycles. The first-order valence-corrected chi connectivity index (χ1v) is 8.80. The van der Waals surface area contributed by atoms with Crippen LogP contribution in [0, 0.1) is 26.6 Å². The van der Waals surface area contributed by atoms with Crippen molar-refractivity contribution in [2.45, 2.75) is 31.7 Å². The molecular formula is C22H26FFmN3-2. The van der Waals surface area contributed by atoms with Crippen LogP contribution in [-0.4, -0.2) is 22.4 Å². The number of nitrogens with zero attached hydrogens (tertiary/aromatic N) is 3. The van der Waals surface area contributed by atoms with Gasteiger partial charge in [-0.1, -0.05) is 0 Å². The quantitative estimate of drug-likeness (QED) is 0.370. The van der Waals surface area contributed by atoms with E-state index in [-0.39, 0.29) is 20.7 Å². The van der Waals surface area contributed by atoms with E-state index in [0.717, 1.165) is 28.6 Å². The van der Waals surface area contributed by atoms with Crippen molar-refractivity contribution in [3.05, 3.63) is 69.3 Å². The van der Waals surface area contributed by atoms with Crippen molar-refractivity contribution in [3.8, 4) is 5.69 Å². The summed E-state index contributed by atoms with van der Waals surface area (Å²) in [6, 6.07) is 13.8. The SMILES string of the molecule is Fc1ccc(-n2ncc3cc(N4CCCC4C4CC4)ccc32)cc1.[CH3-].[CH3-].[Fm]. The van der Waals surface area contributed by atoms with E-state index in [2.05, 4.69) is 28.2 Å². The molecule has 5 heteroatoms. The third-order valence-corrected chi connectivity index (χ3v) is 5.42. The van der Waals surface area contributed by atoms with Gasteiger partial charge in [-0.15, -0.1) is 0 Å². The summed E-state index contributed by atoms with van der Waals surface area (Å²) in [6.45, 7) is 1.17. The summed E-state index contributed by atoms with van der Waals surface area (Å²) >= 11 is 0. The third-order valence-electron chi connectivity index (χ3n) is 5.42. The molecule has 2 aromatic carbocycles. The molecule has 1 aliphatic carbocycles. The van der Waals surface area contributed by atoms with Gasteiger partial charge in [0.1, 0.15) is 5.82 Å². The van der Waals surface area contributed by atoms with Crippen molar-refractivity contribution in [3.63, 3.8) is 0 Å². The smallest absolute Gasteiger partial charge is 0.123 e. The summed E-state index contributed by atoms with van der Waals surface area (Å²) in [5.41, 5.74) is 3.26. The number of benzene rings is 2. The van der Waals surface area contributed by atoms with Crippen LogP contribution >= 0.6 is 0 Å². The zero-order valence-corrected chi connectivity index (χ0v) is 18.2. The molecule has 0 spiro atoms. The van der Waals surface area contributed by atoms with E-state index in [1.165, 1.54) is 50.0 Å². The van der Waals surface area contributed by atoms with Gasteiger partial charge < -0.3 is 19.8 Å². The fourth-order valence-electron chi connectivity index (χ4n) is 4.07. The first kappa shape index (κ1) is 20.0. The second-order valence-corrected chi connectivity index (χ2v) is 7.02. The molecule has 1 aromatic heterocycles. The topological polar surface area (TPSA) is 21.1 Å². The first-order chi connectivity index (χ1) is 11.8. The van der Waals surface area contributed by atoms with Crippen LogP contribution in [0.25, 0.3) is 16.6 Å². The molecule has 1 unspecified atom stereocenters. The van der Waals surface area contributed by atoms with Gasteiger partial charge in [0.25, 0.3) is 0 Å². The van der Waals surface area contributed by atoms with Crippen molar-refractivity contribution in [1.82, 2.24) is 9.78 Å². The third kappa shape index (κ3) is 3.35. The molecule has 5 rings (SSSR count). The van der Waals surface area contributed by atoms with Crippen molar-refractivity contribution in [2.75, 3.05) is 11.4 Å². The Hall–Kier alpha value is -3.36. The summed E-state index contributed by atoms with van der Waals surface area (Å²) in [7, 11) is 0. The molecule has 1 saturated carbocycles. The van der Waals surface area contributed by atoms with E-state index in [9.17, 15) is 4.39 Å². The molecule has 150 valence electrons. The molecule has 27 heavy (non-hydrogen) atoms. The van der Waals surface area contributed by atoms with E-state index in [4.69, 9.17) is 0 Å². The number of hydrogen-bond acceptors (Lipinski definition) is 2. The van der Waals surface area contributed by atoms with E-state index >= 15 is 0 Å². The fourth-order valence-corrected chi connectivity index (χ4v) is 4.07. The van der Waals surface area contributed by atoms with Crippen LogP contribution in [0.5, 0.6) is 0 Å². The van der Waals surface area contributed by atoms with Crippen LogP contribution < -0.4 is 4.90 Å². The number of fused-ring (bicyclic) bond motifs is 1. The van der Waals surface area contributed by atoms with Crippen LogP contribution in [0.1, 0.15) is 25.7 Å². The Morgan fingerprint density at radius 3 is 2.33 bits per heavy atom. The Morgan fingerprint density at radius 1 is 0.926 bits per heavy atom. The normalized spacial score (nSPS) is 18.6. The van der Waals surface area contributed by atoms with E-state index < -0.39 is 0 Å². The second-order valence-electron chi connectivity index (χ2n) is 7.02. The Bertz CT molecular complexity index is 886. The molecule has 2 heterocycles. The number of hydrogen-bond donors (Lipinski definition) is 0. The van der Waals surface area contributed by atoms with Crippen LogP contribution in [0.15, 0.2) is 48.7 Å². The van der Waals surface area contributed by atoms with Gasteiger partial charge in [0.05, 0.1) is 17.4 Å². The van der Waals surface area contributed by atoms with Gasteiger partial charge in [-0.2, -0.15) is 5.10 Å². The fraction of sp³-hybridized carbons (Fsp3) is 0.318. The largest absolute Gasteiger partial charge is 0.368 e. The van der Waals surface area contributed by atoms with Crippen molar-refractivity contribution >= 4 is 16.6 Å². The minimum Gasteiger partial charge on any atom is -0.368 e. The van der Waals surface area contributed by atoms with Gasteiger partial charge in [0.15, 0.2) is 0 Å². The molecule has 1 atom stereocenters. The molecule has 2 aliphatic rings. The average molecular weight is 608 g/mol. The van der Waals surface area contributed by atoms with Crippen molar-refractivity contribution < 1.29 is 4.39 Å². The van der Waals surface area contributed by atoms with Gasteiger partial charge >= 0.3 is 0 Å². The summed E-state index contributed by atoms with van der Waals surface area (Å²) in [5.74, 6) is 0.683. The number of aromatic nitrogens is 2. The number of halogens is 1. The molecule has 2 fully saturated rings. The van der Waals surface area contributed by atoms with Crippen LogP contribution in [-0.2, 0) is 0 Å². The molecule has 0 N–H and O–H groups in total.